The lowest BCUT2D eigenvalue weighted by atomic mass is 9.94. The van der Waals surface area contributed by atoms with E-state index < -0.39 is 10.0 Å². The van der Waals surface area contributed by atoms with Gasteiger partial charge in [-0.2, -0.15) is 9.57 Å². The summed E-state index contributed by atoms with van der Waals surface area (Å²) in [4.78, 5) is 19.0. The van der Waals surface area contributed by atoms with Crippen LogP contribution in [-0.2, 0) is 16.6 Å². The number of rotatable bonds is 7. The summed E-state index contributed by atoms with van der Waals surface area (Å²) in [6.07, 6.45) is 4.52. The Morgan fingerprint density at radius 1 is 1.23 bits per heavy atom. The van der Waals surface area contributed by atoms with Gasteiger partial charge in [0.15, 0.2) is 0 Å². The maximum absolute atomic E-state index is 13.2. The van der Waals surface area contributed by atoms with Crippen molar-refractivity contribution in [3.05, 3.63) is 59.9 Å². The van der Waals surface area contributed by atoms with Crippen LogP contribution in [0.25, 0.3) is 0 Å². The van der Waals surface area contributed by atoms with Crippen molar-refractivity contribution in [2.45, 2.75) is 38.1 Å². The van der Waals surface area contributed by atoms with Crippen LogP contribution in [0, 0.1) is 23.2 Å². The van der Waals surface area contributed by atoms with Crippen LogP contribution in [0.15, 0.2) is 53.7 Å². The number of nitrogens with zero attached hydrogens (tertiary/aromatic N) is 4. The molecule has 8 heteroatoms. The van der Waals surface area contributed by atoms with E-state index >= 15 is 0 Å². The fraction of sp³-hybridized carbons (Fsp3) is 0.435. The summed E-state index contributed by atoms with van der Waals surface area (Å²) in [6.45, 7) is 5.64. The molecule has 31 heavy (non-hydrogen) atoms. The van der Waals surface area contributed by atoms with Crippen molar-refractivity contribution in [3.63, 3.8) is 0 Å². The Morgan fingerprint density at radius 2 is 1.97 bits per heavy atom. The van der Waals surface area contributed by atoms with Crippen molar-refractivity contribution in [1.82, 2.24) is 14.2 Å². The van der Waals surface area contributed by atoms with Gasteiger partial charge in [-0.05, 0) is 48.1 Å². The third kappa shape index (κ3) is 5.69. The topological polar surface area (TPSA) is 94.4 Å². The Labute approximate surface area is 184 Å². The van der Waals surface area contributed by atoms with Crippen LogP contribution in [0.3, 0.4) is 0 Å². The van der Waals surface area contributed by atoms with E-state index in [1.165, 1.54) is 16.4 Å². The lowest BCUT2D eigenvalue weighted by Gasteiger charge is -2.34. The molecular formula is C23H28N4O3S. The van der Waals surface area contributed by atoms with Gasteiger partial charge in [0, 0.05) is 44.1 Å². The van der Waals surface area contributed by atoms with Gasteiger partial charge in [0.25, 0.3) is 5.91 Å². The van der Waals surface area contributed by atoms with Crippen molar-refractivity contribution in [2.75, 3.05) is 19.6 Å². The number of carbonyl (C=O) groups excluding carboxylic acids is 1. The van der Waals surface area contributed by atoms with Gasteiger partial charge in [-0.1, -0.05) is 26.0 Å². The van der Waals surface area contributed by atoms with E-state index in [1.807, 2.05) is 6.07 Å². The highest BCUT2D eigenvalue weighted by Gasteiger charge is 2.32. The van der Waals surface area contributed by atoms with E-state index in [1.54, 1.807) is 35.5 Å². The smallest absolute Gasteiger partial charge is 0.254 e. The number of amides is 1. The highest BCUT2D eigenvalue weighted by atomic mass is 32.2. The summed E-state index contributed by atoms with van der Waals surface area (Å²) in [5, 5.41) is 8.99. The van der Waals surface area contributed by atoms with Gasteiger partial charge in [0.05, 0.1) is 17.4 Å². The summed E-state index contributed by atoms with van der Waals surface area (Å²) in [6, 6.07) is 11.9. The number of nitriles is 1. The number of benzene rings is 1. The first-order valence-corrected chi connectivity index (χ1v) is 11.9. The molecule has 1 aliphatic heterocycles. The predicted octanol–water partition coefficient (Wildman–Crippen LogP) is 3.30. The third-order valence-electron chi connectivity index (χ3n) is 5.43. The van der Waals surface area contributed by atoms with Crippen molar-refractivity contribution >= 4 is 15.9 Å². The lowest BCUT2D eigenvalue weighted by molar-refractivity contribution is 0.0746. The molecule has 1 saturated heterocycles. The second-order valence-electron chi connectivity index (χ2n) is 8.29. The van der Waals surface area contributed by atoms with E-state index in [-0.39, 0.29) is 23.8 Å². The predicted molar refractivity (Wildman–Crippen MR) is 117 cm³/mol. The monoisotopic (exact) mass is 440 g/mol. The average molecular weight is 441 g/mol. The third-order valence-corrected chi connectivity index (χ3v) is 7.26. The lowest BCUT2D eigenvalue weighted by Crippen LogP contribution is -2.42. The van der Waals surface area contributed by atoms with Crippen molar-refractivity contribution in [2.24, 2.45) is 11.8 Å². The fourth-order valence-corrected chi connectivity index (χ4v) is 5.80. The van der Waals surface area contributed by atoms with Gasteiger partial charge in [-0.3, -0.25) is 9.78 Å². The quantitative estimate of drug-likeness (QED) is 0.658. The molecule has 0 N–H and O–H groups in total. The van der Waals surface area contributed by atoms with Gasteiger partial charge in [-0.15, -0.1) is 0 Å². The minimum atomic E-state index is -3.69. The Hall–Kier alpha value is -2.76. The molecule has 1 amide bonds. The summed E-state index contributed by atoms with van der Waals surface area (Å²) in [7, 11) is -3.69. The Bertz CT molecular complexity index is 1040. The molecule has 2 aromatic rings. The van der Waals surface area contributed by atoms with Gasteiger partial charge in [-0.25, -0.2) is 8.42 Å². The number of hydrogen-bond acceptors (Lipinski definition) is 5. The molecule has 0 aliphatic carbocycles. The van der Waals surface area contributed by atoms with E-state index in [0.717, 1.165) is 12.0 Å². The van der Waals surface area contributed by atoms with Crippen LogP contribution >= 0.6 is 0 Å². The Balaban J connectivity index is 1.86. The fourth-order valence-electron chi connectivity index (χ4n) is 4.07. The zero-order chi connectivity index (χ0) is 22.4. The first kappa shape index (κ1) is 22.9. The van der Waals surface area contributed by atoms with Crippen molar-refractivity contribution in [1.29, 1.82) is 5.26 Å². The van der Waals surface area contributed by atoms with E-state index in [9.17, 15) is 13.2 Å². The van der Waals surface area contributed by atoms with Crippen LogP contribution in [0.5, 0.6) is 0 Å². The highest BCUT2D eigenvalue weighted by molar-refractivity contribution is 7.89. The summed E-state index contributed by atoms with van der Waals surface area (Å²) >= 11 is 0. The van der Waals surface area contributed by atoms with Crippen molar-refractivity contribution in [3.8, 4) is 6.07 Å². The summed E-state index contributed by atoms with van der Waals surface area (Å²) < 4.78 is 28.0. The molecule has 1 aromatic heterocycles. The van der Waals surface area contributed by atoms with Crippen LogP contribution in [0.4, 0.5) is 0 Å². The summed E-state index contributed by atoms with van der Waals surface area (Å²) in [5.74, 6) is 0.283. The van der Waals surface area contributed by atoms with Gasteiger partial charge in [0.2, 0.25) is 10.0 Å². The number of pyridine rings is 1. The minimum absolute atomic E-state index is 0.126. The Kier molecular flexibility index (Phi) is 7.42. The molecule has 164 valence electrons. The number of piperidine rings is 1. The molecular weight excluding hydrogens is 412 g/mol. The average Bonchev–Trinajstić information content (AvgIpc) is 2.76. The highest BCUT2D eigenvalue weighted by Crippen LogP contribution is 2.27. The molecule has 7 nitrogen and oxygen atoms in total. The molecule has 1 aromatic carbocycles. The molecule has 2 heterocycles. The normalized spacial score (nSPS) is 19.5. The van der Waals surface area contributed by atoms with Gasteiger partial charge >= 0.3 is 0 Å². The molecule has 1 aliphatic rings. The molecule has 0 saturated carbocycles. The van der Waals surface area contributed by atoms with Crippen molar-refractivity contribution < 1.29 is 13.2 Å². The van der Waals surface area contributed by atoms with Gasteiger partial charge in [0.1, 0.15) is 0 Å². The van der Waals surface area contributed by atoms with Gasteiger partial charge < -0.3 is 4.90 Å². The molecule has 3 rings (SSSR count). The maximum Gasteiger partial charge on any atom is 0.254 e. The largest absolute Gasteiger partial charge is 0.333 e. The van der Waals surface area contributed by atoms with E-state index in [2.05, 4.69) is 24.9 Å². The zero-order valence-corrected chi connectivity index (χ0v) is 18.8. The zero-order valence-electron chi connectivity index (χ0n) is 17.9. The van der Waals surface area contributed by atoms with E-state index in [0.29, 0.717) is 37.0 Å². The first-order valence-electron chi connectivity index (χ1n) is 10.5. The summed E-state index contributed by atoms with van der Waals surface area (Å²) in [5.41, 5.74) is 1.13. The standard InChI is InChI=1S/C23H28N4O3S/c1-18-12-19(2)16-27(15-18)31(29,30)22-8-3-7-21(13-22)23(28)26(11-5-9-24)17-20-6-4-10-25-14-20/h3-4,6-8,10,13-14,18-19H,5,11-12,15-17H2,1-2H3. The molecule has 0 bridgehead atoms. The molecule has 1 fully saturated rings. The minimum Gasteiger partial charge on any atom is -0.333 e. The Morgan fingerprint density at radius 3 is 2.61 bits per heavy atom. The SMILES string of the molecule is CC1CC(C)CN(S(=O)(=O)c2cccc(C(=O)N(CCC#N)Cc3cccnc3)c2)C1. The number of carbonyl (C=O) groups is 1. The second-order valence-corrected chi connectivity index (χ2v) is 10.2. The number of sulfonamides is 1. The van der Waals surface area contributed by atoms with Crippen LogP contribution in [0.1, 0.15) is 42.6 Å². The maximum atomic E-state index is 13.2. The second kappa shape index (κ2) is 10.0. The van der Waals surface area contributed by atoms with Crippen LogP contribution < -0.4 is 0 Å². The van der Waals surface area contributed by atoms with E-state index in [4.69, 9.17) is 5.26 Å². The molecule has 2 unspecified atom stereocenters. The van der Waals surface area contributed by atoms with Crippen LogP contribution in [-0.4, -0.2) is 48.1 Å². The number of hydrogen-bond donors (Lipinski definition) is 0. The molecule has 0 radical (unpaired) electrons. The number of aromatic nitrogens is 1. The molecule has 0 spiro atoms. The molecule has 2 atom stereocenters. The van der Waals surface area contributed by atoms with Crippen LogP contribution in [0.2, 0.25) is 0 Å². The first-order chi connectivity index (χ1) is 14.8.